The van der Waals surface area contributed by atoms with E-state index in [1.165, 1.54) is 19.3 Å². The van der Waals surface area contributed by atoms with Gasteiger partial charge in [-0.05, 0) is 31.4 Å². The molecule has 0 spiro atoms. The van der Waals surface area contributed by atoms with E-state index in [4.69, 9.17) is 5.73 Å². The topological polar surface area (TPSA) is 42.1 Å². The molecule has 1 aromatic heterocycles. The van der Waals surface area contributed by atoms with Gasteiger partial charge in [0, 0.05) is 19.1 Å². The summed E-state index contributed by atoms with van der Waals surface area (Å²) in [5.74, 6) is 1.10. The minimum Gasteiger partial charge on any atom is -0.354 e. The molecule has 0 saturated carbocycles. The van der Waals surface area contributed by atoms with Crippen LogP contribution in [0.5, 0.6) is 0 Å². The summed E-state index contributed by atoms with van der Waals surface area (Å²) in [7, 11) is 0. The predicted molar refractivity (Wildman–Crippen MR) is 62.8 cm³/mol. The summed E-state index contributed by atoms with van der Waals surface area (Å²) < 4.78 is 0. The van der Waals surface area contributed by atoms with Gasteiger partial charge in [0.25, 0.3) is 0 Å². The third-order valence-electron chi connectivity index (χ3n) is 3.14. The highest BCUT2D eigenvalue weighted by Crippen LogP contribution is 2.25. The van der Waals surface area contributed by atoms with E-state index >= 15 is 0 Å². The average molecular weight is 205 g/mol. The molecular weight excluding hydrogens is 186 g/mol. The number of pyridine rings is 1. The molecule has 0 aromatic carbocycles. The number of nitrogens with zero attached hydrogens (tertiary/aromatic N) is 2. The van der Waals surface area contributed by atoms with Crippen LogP contribution in [-0.2, 0) is 6.54 Å². The molecule has 2 N–H and O–H groups in total. The first-order valence-corrected chi connectivity index (χ1v) is 5.77. The van der Waals surface area contributed by atoms with Gasteiger partial charge in [-0.2, -0.15) is 0 Å². The van der Waals surface area contributed by atoms with Crippen molar-refractivity contribution < 1.29 is 0 Å². The van der Waals surface area contributed by atoms with E-state index in [0.717, 1.165) is 18.1 Å². The quantitative estimate of drug-likeness (QED) is 0.819. The van der Waals surface area contributed by atoms with Crippen LogP contribution in [-0.4, -0.2) is 17.6 Å². The third kappa shape index (κ3) is 2.12. The number of hydrogen-bond acceptors (Lipinski definition) is 3. The Hall–Kier alpha value is -1.09. The highest BCUT2D eigenvalue weighted by atomic mass is 15.2. The maximum absolute atomic E-state index is 5.60. The maximum Gasteiger partial charge on any atom is 0.129 e. The number of anilines is 1. The Morgan fingerprint density at radius 3 is 3.13 bits per heavy atom. The SMILES string of the molecule is CCC1CCCN1c1cccc(CN)n1. The van der Waals surface area contributed by atoms with E-state index in [0.29, 0.717) is 12.6 Å². The molecule has 1 aliphatic heterocycles. The van der Waals surface area contributed by atoms with Crippen molar-refractivity contribution in [3.05, 3.63) is 23.9 Å². The Kier molecular flexibility index (Phi) is 3.21. The molecule has 0 bridgehead atoms. The molecule has 0 amide bonds. The number of aromatic nitrogens is 1. The molecular formula is C12H19N3. The fourth-order valence-corrected chi connectivity index (χ4v) is 2.30. The maximum atomic E-state index is 5.60. The van der Waals surface area contributed by atoms with Gasteiger partial charge in [0.2, 0.25) is 0 Å². The summed E-state index contributed by atoms with van der Waals surface area (Å²) in [6.45, 7) is 3.91. The molecule has 0 radical (unpaired) electrons. The lowest BCUT2D eigenvalue weighted by Crippen LogP contribution is -2.29. The second-order valence-electron chi connectivity index (χ2n) is 4.09. The number of hydrogen-bond donors (Lipinski definition) is 1. The van der Waals surface area contributed by atoms with E-state index < -0.39 is 0 Å². The van der Waals surface area contributed by atoms with E-state index in [2.05, 4.69) is 28.9 Å². The summed E-state index contributed by atoms with van der Waals surface area (Å²) >= 11 is 0. The van der Waals surface area contributed by atoms with Gasteiger partial charge < -0.3 is 10.6 Å². The van der Waals surface area contributed by atoms with E-state index in [1.54, 1.807) is 0 Å². The molecule has 15 heavy (non-hydrogen) atoms. The molecule has 0 aliphatic carbocycles. The van der Waals surface area contributed by atoms with E-state index in [1.807, 2.05) is 6.07 Å². The van der Waals surface area contributed by atoms with Gasteiger partial charge in [-0.3, -0.25) is 0 Å². The molecule has 1 fully saturated rings. The number of rotatable bonds is 3. The summed E-state index contributed by atoms with van der Waals surface area (Å²) in [4.78, 5) is 6.99. The zero-order valence-corrected chi connectivity index (χ0v) is 9.32. The Morgan fingerprint density at radius 1 is 1.53 bits per heavy atom. The number of nitrogens with two attached hydrogens (primary N) is 1. The van der Waals surface area contributed by atoms with Crippen molar-refractivity contribution in [3.8, 4) is 0 Å². The fraction of sp³-hybridized carbons (Fsp3) is 0.583. The van der Waals surface area contributed by atoms with Crippen LogP contribution < -0.4 is 10.6 Å². The first-order valence-electron chi connectivity index (χ1n) is 5.77. The lowest BCUT2D eigenvalue weighted by molar-refractivity contribution is 0.639. The molecule has 1 aliphatic rings. The third-order valence-corrected chi connectivity index (χ3v) is 3.14. The molecule has 3 heteroatoms. The van der Waals surface area contributed by atoms with Crippen molar-refractivity contribution in [2.45, 2.75) is 38.8 Å². The van der Waals surface area contributed by atoms with Gasteiger partial charge in [-0.25, -0.2) is 4.98 Å². The Morgan fingerprint density at radius 2 is 2.40 bits per heavy atom. The smallest absolute Gasteiger partial charge is 0.129 e. The van der Waals surface area contributed by atoms with Gasteiger partial charge in [0.1, 0.15) is 5.82 Å². The van der Waals surface area contributed by atoms with Crippen LogP contribution in [0.15, 0.2) is 18.2 Å². The normalized spacial score (nSPS) is 20.9. The molecule has 82 valence electrons. The van der Waals surface area contributed by atoms with Crippen LogP contribution in [0.1, 0.15) is 31.9 Å². The van der Waals surface area contributed by atoms with Crippen molar-refractivity contribution in [2.24, 2.45) is 5.73 Å². The summed E-state index contributed by atoms with van der Waals surface area (Å²) in [6.07, 6.45) is 3.78. The monoisotopic (exact) mass is 205 g/mol. The van der Waals surface area contributed by atoms with Gasteiger partial charge in [0.15, 0.2) is 0 Å². The average Bonchev–Trinajstić information content (AvgIpc) is 2.77. The van der Waals surface area contributed by atoms with Crippen LogP contribution in [0.4, 0.5) is 5.82 Å². The van der Waals surface area contributed by atoms with Crippen LogP contribution in [0, 0.1) is 0 Å². The Labute approximate surface area is 91.3 Å². The van der Waals surface area contributed by atoms with Crippen molar-refractivity contribution in [1.29, 1.82) is 0 Å². The molecule has 1 unspecified atom stereocenters. The van der Waals surface area contributed by atoms with Crippen LogP contribution in [0.25, 0.3) is 0 Å². The summed E-state index contributed by atoms with van der Waals surface area (Å²) in [5.41, 5.74) is 6.58. The van der Waals surface area contributed by atoms with Crippen molar-refractivity contribution in [2.75, 3.05) is 11.4 Å². The zero-order chi connectivity index (χ0) is 10.7. The van der Waals surface area contributed by atoms with Crippen LogP contribution >= 0.6 is 0 Å². The molecule has 1 atom stereocenters. The molecule has 3 nitrogen and oxygen atoms in total. The van der Waals surface area contributed by atoms with E-state index in [-0.39, 0.29) is 0 Å². The summed E-state index contributed by atoms with van der Waals surface area (Å²) in [6, 6.07) is 6.80. The molecule has 1 aromatic rings. The fourth-order valence-electron chi connectivity index (χ4n) is 2.30. The minimum absolute atomic E-state index is 0.526. The minimum atomic E-state index is 0.526. The first kappa shape index (κ1) is 10.4. The highest BCUT2D eigenvalue weighted by molar-refractivity contribution is 5.41. The lowest BCUT2D eigenvalue weighted by Gasteiger charge is -2.24. The van der Waals surface area contributed by atoms with Gasteiger partial charge in [0.05, 0.1) is 5.69 Å². The zero-order valence-electron chi connectivity index (χ0n) is 9.32. The molecule has 2 rings (SSSR count). The van der Waals surface area contributed by atoms with E-state index in [9.17, 15) is 0 Å². The van der Waals surface area contributed by atoms with Crippen LogP contribution in [0.3, 0.4) is 0 Å². The van der Waals surface area contributed by atoms with Crippen molar-refractivity contribution >= 4 is 5.82 Å². The first-order chi connectivity index (χ1) is 7.35. The van der Waals surface area contributed by atoms with Gasteiger partial charge in [-0.1, -0.05) is 13.0 Å². The standard InChI is InChI=1S/C12H19N3/c1-2-11-6-4-8-15(11)12-7-3-5-10(9-13)14-12/h3,5,7,11H,2,4,6,8-9,13H2,1H3. The lowest BCUT2D eigenvalue weighted by atomic mass is 10.2. The summed E-state index contributed by atoms with van der Waals surface area (Å²) in [5, 5.41) is 0. The van der Waals surface area contributed by atoms with Crippen molar-refractivity contribution in [3.63, 3.8) is 0 Å². The Balaban J connectivity index is 2.20. The highest BCUT2D eigenvalue weighted by Gasteiger charge is 2.23. The predicted octanol–water partition coefficient (Wildman–Crippen LogP) is 1.92. The largest absolute Gasteiger partial charge is 0.354 e. The van der Waals surface area contributed by atoms with Gasteiger partial charge >= 0.3 is 0 Å². The molecule has 2 heterocycles. The Bertz CT molecular complexity index is 324. The second kappa shape index (κ2) is 4.62. The van der Waals surface area contributed by atoms with Crippen molar-refractivity contribution in [1.82, 2.24) is 4.98 Å². The van der Waals surface area contributed by atoms with Gasteiger partial charge in [-0.15, -0.1) is 0 Å². The van der Waals surface area contributed by atoms with Crippen LogP contribution in [0.2, 0.25) is 0 Å². The molecule has 1 saturated heterocycles. The second-order valence-corrected chi connectivity index (χ2v) is 4.09.